The SMILES string of the molecule is COC[C@@H]1C[C@@H](c2ccc(C(F)(F)F)cc2N2CCC(C(=O)O)CC2)CN1C(=O)[C@]1(OC)CN(C2CCC(OC(C)C)CC2)C[C@H]1c1ccc(OC)cc1. The van der Waals surface area contributed by atoms with Crippen LogP contribution in [0.2, 0.25) is 0 Å². The van der Waals surface area contributed by atoms with E-state index in [1.807, 2.05) is 34.1 Å². The van der Waals surface area contributed by atoms with E-state index in [1.165, 1.54) is 6.07 Å². The molecule has 1 amide bonds. The molecule has 1 aliphatic carbocycles. The predicted molar refractivity (Wildman–Crippen MR) is 198 cm³/mol. The number of carbonyl (C=O) groups excluding carboxylic acids is 1. The molecule has 0 aromatic heterocycles. The van der Waals surface area contributed by atoms with Crippen molar-refractivity contribution in [3.8, 4) is 5.75 Å². The van der Waals surface area contributed by atoms with Gasteiger partial charge < -0.3 is 33.9 Å². The molecule has 4 aliphatic rings. The van der Waals surface area contributed by atoms with E-state index in [2.05, 4.69) is 18.7 Å². The molecular formula is C41H56F3N3O7. The van der Waals surface area contributed by atoms with Crippen molar-refractivity contribution >= 4 is 17.6 Å². The number of carboxylic acids is 1. The van der Waals surface area contributed by atoms with Crippen molar-refractivity contribution in [2.45, 2.75) is 107 Å². The molecule has 6 rings (SSSR count). The molecule has 1 N–H and O–H groups in total. The summed E-state index contributed by atoms with van der Waals surface area (Å²) in [5.74, 6) is -1.40. The first-order valence-electron chi connectivity index (χ1n) is 19.3. The fourth-order valence-electron chi connectivity index (χ4n) is 9.48. The summed E-state index contributed by atoms with van der Waals surface area (Å²) in [5.41, 5.74) is 0.171. The number of hydrogen-bond donors (Lipinski definition) is 1. The molecule has 0 spiro atoms. The fourth-order valence-corrected chi connectivity index (χ4v) is 9.48. The maximum absolute atomic E-state index is 15.3. The van der Waals surface area contributed by atoms with E-state index in [0.29, 0.717) is 56.9 Å². The molecule has 3 saturated heterocycles. The van der Waals surface area contributed by atoms with Crippen molar-refractivity contribution in [2.75, 3.05) is 65.6 Å². The Hall–Kier alpha value is -3.39. The molecule has 13 heteroatoms. The molecule has 3 aliphatic heterocycles. The number of hydrogen-bond acceptors (Lipinski definition) is 8. The Kier molecular flexibility index (Phi) is 12.5. The summed E-state index contributed by atoms with van der Waals surface area (Å²) in [7, 11) is 4.82. The van der Waals surface area contributed by atoms with Gasteiger partial charge in [0.25, 0.3) is 5.91 Å². The Morgan fingerprint density at radius 1 is 0.944 bits per heavy atom. The molecule has 3 heterocycles. The number of aliphatic carboxylic acids is 1. The lowest BCUT2D eigenvalue weighted by Gasteiger charge is -2.39. The maximum atomic E-state index is 15.3. The summed E-state index contributed by atoms with van der Waals surface area (Å²) < 4.78 is 65.9. The highest BCUT2D eigenvalue weighted by atomic mass is 19.4. The molecule has 4 atom stereocenters. The van der Waals surface area contributed by atoms with Crippen LogP contribution in [0.25, 0.3) is 0 Å². The van der Waals surface area contributed by atoms with Gasteiger partial charge in [-0.2, -0.15) is 13.2 Å². The van der Waals surface area contributed by atoms with Crippen molar-refractivity contribution in [2.24, 2.45) is 5.92 Å². The Morgan fingerprint density at radius 3 is 2.20 bits per heavy atom. The number of nitrogens with zero attached hydrogens (tertiary/aromatic N) is 3. The molecule has 2 aromatic rings. The number of anilines is 1. The van der Waals surface area contributed by atoms with Crippen LogP contribution in [0.3, 0.4) is 0 Å². The number of piperidine rings is 1. The molecule has 10 nitrogen and oxygen atoms in total. The van der Waals surface area contributed by atoms with Gasteiger partial charge in [0, 0.05) is 70.5 Å². The molecule has 2 aromatic carbocycles. The summed E-state index contributed by atoms with van der Waals surface area (Å²) in [5, 5.41) is 9.57. The van der Waals surface area contributed by atoms with Gasteiger partial charge in [0.2, 0.25) is 0 Å². The molecule has 0 radical (unpaired) electrons. The summed E-state index contributed by atoms with van der Waals surface area (Å²) in [6, 6.07) is 11.6. The molecule has 298 valence electrons. The van der Waals surface area contributed by atoms with Crippen molar-refractivity contribution in [3.63, 3.8) is 0 Å². The van der Waals surface area contributed by atoms with E-state index in [-0.39, 0.29) is 55.2 Å². The number of ether oxygens (including phenoxy) is 4. The number of carboxylic acid groups (broad SMARTS) is 1. The van der Waals surface area contributed by atoms with E-state index >= 15 is 4.79 Å². The van der Waals surface area contributed by atoms with Crippen LogP contribution in [-0.4, -0.2) is 117 Å². The first-order chi connectivity index (χ1) is 25.8. The van der Waals surface area contributed by atoms with Gasteiger partial charge >= 0.3 is 12.1 Å². The largest absolute Gasteiger partial charge is 0.497 e. The number of carbonyl (C=O) groups is 2. The minimum absolute atomic E-state index is 0.148. The Labute approximate surface area is 316 Å². The van der Waals surface area contributed by atoms with Crippen LogP contribution >= 0.6 is 0 Å². The van der Waals surface area contributed by atoms with E-state index < -0.39 is 29.2 Å². The lowest BCUT2D eigenvalue weighted by molar-refractivity contribution is -0.157. The minimum atomic E-state index is -4.54. The lowest BCUT2D eigenvalue weighted by atomic mass is 9.83. The smallest absolute Gasteiger partial charge is 0.416 e. The highest BCUT2D eigenvalue weighted by Crippen LogP contribution is 2.47. The van der Waals surface area contributed by atoms with E-state index in [0.717, 1.165) is 42.9 Å². The third-order valence-electron chi connectivity index (χ3n) is 12.3. The second-order valence-corrected chi connectivity index (χ2v) is 15.8. The Balaban J connectivity index is 1.31. The molecular weight excluding hydrogens is 703 g/mol. The quantitative estimate of drug-likeness (QED) is 0.258. The molecule has 1 saturated carbocycles. The van der Waals surface area contributed by atoms with Crippen LogP contribution in [0.15, 0.2) is 42.5 Å². The second-order valence-electron chi connectivity index (χ2n) is 15.8. The first kappa shape index (κ1) is 40.3. The van der Waals surface area contributed by atoms with Gasteiger partial charge in [-0.05, 0) is 94.2 Å². The minimum Gasteiger partial charge on any atom is -0.497 e. The van der Waals surface area contributed by atoms with Gasteiger partial charge in [-0.25, -0.2) is 0 Å². The first-order valence-corrected chi connectivity index (χ1v) is 19.3. The zero-order valence-corrected chi connectivity index (χ0v) is 32.1. The number of likely N-dealkylation sites (tertiary alicyclic amines) is 2. The average Bonchev–Trinajstić information content (AvgIpc) is 3.77. The standard InChI is InChI=1S/C41H56F3N3O7/c1-26(2)54-34-13-9-31(10-14-34)46-23-36(27-6-11-33(52-4)12-7-27)40(25-46,53-5)39(50)47-22-29(20-32(47)24-51-3)35-15-8-30(41(42,43)44)21-37(35)45-18-16-28(17-19-45)38(48)49/h6-8,11-12,15,21,26,28-29,31-32,34,36H,9-10,13-14,16-20,22-25H2,1-5H3,(H,48,49)/t29-,31?,32+,34?,36+,40+/m1/s1. The average molecular weight is 760 g/mol. The normalized spacial score (nSPS) is 28.6. The second kappa shape index (κ2) is 16.8. The summed E-state index contributed by atoms with van der Waals surface area (Å²) >= 11 is 0. The number of rotatable bonds is 12. The van der Waals surface area contributed by atoms with Gasteiger partial charge in [-0.15, -0.1) is 0 Å². The van der Waals surface area contributed by atoms with Gasteiger partial charge in [0.15, 0.2) is 5.60 Å². The van der Waals surface area contributed by atoms with Crippen molar-refractivity contribution in [1.29, 1.82) is 0 Å². The lowest BCUT2D eigenvalue weighted by Crippen LogP contribution is -2.57. The highest BCUT2D eigenvalue weighted by molar-refractivity contribution is 5.88. The Bertz CT molecular complexity index is 1590. The number of halogens is 3. The van der Waals surface area contributed by atoms with Crippen LogP contribution < -0.4 is 9.64 Å². The Morgan fingerprint density at radius 2 is 1.63 bits per heavy atom. The number of alkyl halides is 3. The van der Waals surface area contributed by atoms with E-state index in [1.54, 1.807) is 27.4 Å². The third-order valence-corrected chi connectivity index (χ3v) is 12.3. The van der Waals surface area contributed by atoms with Crippen LogP contribution in [0, 0.1) is 5.92 Å². The van der Waals surface area contributed by atoms with Crippen molar-refractivity contribution < 1.29 is 46.8 Å². The zero-order chi connectivity index (χ0) is 38.8. The van der Waals surface area contributed by atoms with Crippen molar-refractivity contribution in [3.05, 3.63) is 59.2 Å². The van der Waals surface area contributed by atoms with Crippen molar-refractivity contribution in [1.82, 2.24) is 9.80 Å². The van der Waals surface area contributed by atoms with Gasteiger partial charge in [-0.1, -0.05) is 18.2 Å². The third kappa shape index (κ3) is 8.39. The van der Waals surface area contributed by atoms with E-state index in [9.17, 15) is 23.1 Å². The van der Waals surface area contributed by atoms with Crippen LogP contribution in [0.1, 0.15) is 87.3 Å². The van der Waals surface area contributed by atoms with Gasteiger partial charge in [0.1, 0.15) is 5.75 Å². The van der Waals surface area contributed by atoms with Crippen LogP contribution in [-0.2, 0) is 30.0 Å². The summed E-state index contributed by atoms with van der Waals surface area (Å²) in [6.45, 7) is 6.38. The monoisotopic (exact) mass is 759 g/mol. The van der Waals surface area contributed by atoms with Crippen LogP contribution in [0.5, 0.6) is 5.75 Å². The fraction of sp³-hybridized carbons (Fsp3) is 0.659. The zero-order valence-electron chi connectivity index (χ0n) is 32.1. The number of benzene rings is 2. The molecule has 0 unspecified atom stereocenters. The molecule has 0 bridgehead atoms. The predicted octanol–water partition coefficient (Wildman–Crippen LogP) is 6.57. The maximum Gasteiger partial charge on any atom is 0.416 e. The number of amides is 1. The van der Waals surface area contributed by atoms with E-state index in [4.69, 9.17) is 18.9 Å². The summed E-state index contributed by atoms with van der Waals surface area (Å²) in [6.07, 6.45) is 0.865. The number of methoxy groups -OCH3 is 3. The topological polar surface area (TPSA) is 101 Å². The summed E-state index contributed by atoms with van der Waals surface area (Å²) in [4.78, 5) is 33.1. The highest BCUT2D eigenvalue weighted by Gasteiger charge is 2.58. The molecule has 4 fully saturated rings. The van der Waals surface area contributed by atoms with Gasteiger partial charge in [0.05, 0.1) is 43.4 Å². The molecule has 54 heavy (non-hydrogen) atoms. The van der Waals surface area contributed by atoms with Gasteiger partial charge in [-0.3, -0.25) is 14.5 Å². The van der Waals surface area contributed by atoms with Crippen LogP contribution in [0.4, 0.5) is 18.9 Å².